The summed E-state index contributed by atoms with van der Waals surface area (Å²) in [5.41, 5.74) is 3.41. The number of rotatable bonds is 5. The molecule has 0 aliphatic carbocycles. The van der Waals surface area contributed by atoms with Crippen molar-refractivity contribution in [2.75, 3.05) is 5.32 Å². The summed E-state index contributed by atoms with van der Waals surface area (Å²) in [5.74, 6) is -0.421. The Labute approximate surface area is 173 Å². The molecule has 0 spiro atoms. The summed E-state index contributed by atoms with van der Waals surface area (Å²) in [6, 6.07) is 15.7. The molecule has 0 saturated carbocycles. The van der Waals surface area contributed by atoms with E-state index in [1.165, 1.54) is 29.0 Å². The Bertz CT molecular complexity index is 1090. The highest BCUT2D eigenvalue weighted by Crippen LogP contribution is 2.30. The van der Waals surface area contributed by atoms with Crippen molar-refractivity contribution in [3.63, 3.8) is 0 Å². The molecule has 1 amide bonds. The van der Waals surface area contributed by atoms with Crippen molar-refractivity contribution in [2.45, 2.75) is 26.7 Å². The Morgan fingerprint density at radius 3 is 2.41 bits per heavy atom. The molecular weight excluding hydrogens is 385 g/mol. The molecule has 1 heterocycles. The lowest BCUT2D eigenvalue weighted by Crippen LogP contribution is -2.13. The van der Waals surface area contributed by atoms with Crippen molar-refractivity contribution in [1.82, 2.24) is 4.98 Å². The summed E-state index contributed by atoms with van der Waals surface area (Å²) in [7, 11) is 0. The minimum atomic E-state index is -0.514. The predicted octanol–water partition coefficient (Wildman–Crippen LogP) is 5.93. The molecule has 4 nitrogen and oxygen atoms in total. The van der Waals surface area contributed by atoms with Crippen molar-refractivity contribution in [1.29, 1.82) is 5.26 Å². The third-order valence-corrected chi connectivity index (χ3v) is 5.30. The zero-order valence-electron chi connectivity index (χ0n) is 16.4. The molecule has 0 atom stereocenters. The Morgan fingerprint density at radius 2 is 1.83 bits per heavy atom. The summed E-state index contributed by atoms with van der Waals surface area (Å²) in [6.45, 7) is 6.09. The van der Waals surface area contributed by atoms with Crippen molar-refractivity contribution in [3.8, 4) is 17.3 Å². The highest BCUT2D eigenvalue weighted by atomic mass is 32.1. The first kappa shape index (κ1) is 20.4. The highest BCUT2D eigenvalue weighted by Gasteiger charge is 2.15. The molecule has 0 aliphatic heterocycles. The van der Waals surface area contributed by atoms with Gasteiger partial charge in [0.05, 0.1) is 5.69 Å². The van der Waals surface area contributed by atoms with Gasteiger partial charge in [0.15, 0.2) is 5.13 Å². The van der Waals surface area contributed by atoms with E-state index in [9.17, 15) is 14.4 Å². The molecule has 0 bridgehead atoms. The number of carbonyl (C=O) groups excluding carboxylic acids is 1. The first-order chi connectivity index (χ1) is 13.9. The van der Waals surface area contributed by atoms with Crippen molar-refractivity contribution in [3.05, 3.63) is 75.9 Å². The second kappa shape index (κ2) is 8.80. The molecule has 0 saturated heterocycles. The van der Waals surface area contributed by atoms with E-state index in [0.717, 1.165) is 16.0 Å². The van der Waals surface area contributed by atoms with E-state index in [-0.39, 0.29) is 11.4 Å². The van der Waals surface area contributed by atoms with Gasteiger partial charge in [-0.3, -0.25) is 10.1 Å². The fourth-order valence-electron chi connectivity index (χ4n) is 2.78. The van der Waals surface area contributed by atoms with Crippen LogP contribution in [-0.2, 0) is 4.79 Å². The zero-order valence-corrected chi connectivity index (χ0v) is 17.2. The SMILES string of the molecule is Cc1sc(NC(=O)/C(C#N)=C/c2ccc(C(C)C)cc2)nc1-c1ccc(F)cc1. The maximum absolute atomic E-state index is 13.1. The molecule has 29 heavy (non-hydrogen) atoms. The van der Waals surface area contributed by atoms with Gasteiger partial charge in [0.1, 0.15) is 17.5 Å². The number of thiazole rings is 1. The number of hydrogen-bond acceptors (Lipinski definition) is 4. The number of nitrogens with one attached hydrogen (secondary N) is 1. The van der Waals surface area contributed by atoms with Crippen molar-refractivity contribution < 1.29 is 9.18 Å². The number of benzene rings is 2. The lowest BCUT2D eigenvalue weighted by molar-refractivity contribution is -0.112. The quantitative estimate of drug-likeness (QED) is 0.423. The third-order valence-electron chi connectivity index (χ3n) is 4.41. The summed E-state index contributed by atoms with van der Waals surface area (Å²) in [5, 5.41) is 12.5. The minimum Gasteiger partial charge on any atom is -0.297 e. The van der Waals surface area contributed by atoms with E-state index in [4.69, 9.17) is 0 Å². The standard InChI is InChI=1S/C23H20FN3OS/c1-14(2)17-6-4-16(5-7-17)12-19(13-25)22(28)27-23-26-21(15(3)29-23)18-8-10-20(24)11-9-18/h4-12,14H,1-3H3,(H,26,27,28)/b19-12+. The van der Waals surface area contributed by atoms with Crippen LogP contribution in [0.5, 0.6) is 0 Å². The third kappa shape index (κ3) is 4.95. The second-order valence-electron chi connectivity index (χ2n) is 6.88. The first-order valence-electron chi connectivity index (χ1n) is 9.14. The molecule has 3 rings (SSSR count). The lowest BCUT2D eigenvalue weighted by Gasteiger charge is -2.05. The van der Waals surface area contributed by atoms with Crippen LogP contribution in [0.1, 0.15) is 35.8 Å². The highest BCUT2D eigenvalue weighted by molar-refractivity contribution is 7.16. The topological polar surface area (TPSA) is 65.8 Å². The number of anilines is 1. The maximum Gasteiger partial charge on any atom is 0.268 e. The van der Waals surface area contributed by atoms with Gasteiger partial charge in [-0.05, 0) is 54.3 Å². The van der Waals surface area contributed by atoms with Gasteiger partial charge in [-0.15, -0.1) is 11.3 Å². The minimum absolute atomic E-state index is 0.00141. The smallest absolute Gasteiger partial charge is 0.268 e. The van der Waals surface area contributed by atoms with Crippen LogP contribution < -0.4 is 5.32 Å². The summed E-state index contributed by atoms with van der Waals surface area (Å²) < 4.78 is 13.1. The molecular formula is C23H20FN3OS. The Kier molecular flexibility index (Phi) is 6.20. The Balaban J connectivity index is 1.78. The van der Waals surface area contributed by atoms with Crippen molar-refractivity contribution in [2.24, 2.45) is 0 Å². The molecule has 0 radical (unpaired) electrons. The molecule has 6 heteroatoms. The molecule has 146 valence electrons. The number of carbonyl (C=O) groups is 1. The van der Waals surface area contributed by atoms with Crippen molar-refractivity contribution >= 4 is 28.5 Å². The maximum atomic E-state index is 13.1. The molecule has 0 fully saturated rings. The van der Waals surface area contributed by atoms with Gasteiger partial charge in [-0.2, -0.15) is 5.26 Å². The summed E-state index contributed by atoms with van der Waals surface area (Å²) in [4.78, 5) is 17.9. The average Bonchev–Trinajstić information content (AvgIpc) is 3.06. The first-order valence-corrected chi connectivity index (χ1v) is 9.95. The Morgan fingerprint density at radius 1 is 1.17 bits per heavy atom. The van der Waals surface area contributed by atoms with Crippen LogP contribution in [0.4, 0.5) is 9.52 Å². The van der Waals surface area contributed by atoms with Crippen LogP contribution in [-0.4, -0.2) is 10.9 Å². The van der Waals surface area contributed by atoms with Gasteiger partial charge < -0.3 is 0 Å². The predicted molar refractivity (Wildman–Crippen MR) is 115 cm³/mol. The monoisotopic (exact) mass is 405 g/mol. The van der Waals surface area contributed by atoms with E-state index in [0.29, 0.717) is 16.7 Å². The van der Waals surface area contributed by atoms with Gasteiger partial charge >= 0.3 is 0 Å². The molecule has 1 aromatic heterocycles. The van der Waals surface area contributed by atoms with Crippen LogP contribution in [0, 0.1) is 24.1 Å². The number of halogens is 1. The zero-order chi connectivity index (χ0) is 21.0. The van der Waals surface area contributed by atoms with Gasteiger partial charge in [0, 0.05) is 10.4 Å². The average molecular weight is 405 g/mol. The molecule has 1 N–H and O–H groups in total. The number of hydrogen-bond donors (Lipinski definition) is 1. The van der Waals surface area contributed by atoms with Gasteiger partial charge in [-0.25, -0.2) is 9.37 Å². The van der Waals surface area contributed by atoms with Crippen LogP contribution in [0.15, 0.2) is 54.1 Å². The van der Waals surface area contributed by atoms with E-state index < -0.39 is 5.91 Å². The van der Waals surface area contributed by atoms with Crippen LogP contribution in [0.25, 0.3) is 17.3 Å². The summed E-state index contributed by atoms with van der Waals surface area (Å²) >= 11 is 1.31. The van der Waals surface area contributed by atoms with Gasteiger partial charge in [0.2, 0.25) is 0 Å². The van der Waals surface area contributed by atoms with Gasteiger partial charge in [-0.1, -0.05) is 38.1 Å². The fraction of sp³-hybridized carbons (Fsp3) is 0.174. The number of amides is 1. The second-order valence-corrected chi connectivity index (χ2v) is 8.08. The van der Waals surface area contributed by atoms with Crippen LogP contribution in [0.3, 0.4) is 0 Å². The molecule has 0 unspecified atom stereocenters. The van der Waals surface area contributed by atoms with E-state index in [1.807, 2.05) is 37.3 Å². The van der Waals surface area contributed by atoms with Crippen LogP contribution >= 0.6 is 11.3 Å². The number of aryl methyl sites for hydroxylation is 1. The molecule has 2 aromatic carbocycles. The number of nitriles is 1. The number of nitrogens with zero attached hydrogens (tertiary/aromatic N) is 2. The van der Waals surface area contributed by atoms with E-state index in [2.05, 4.69) is 24.1 Å². The van der Waals surface area contributed by atoms with Crippen LogP contribution in [0.2, 0.25) is 0 Å². The van der Waals surface area contributed by atoms with E-state index >= 15 is 0 Å². The fourth-order valence-corrected chi connectivity index (χ4v) is 3.61. The normalized spacial score (nSPS) is 11.4. The largest absolute Gasteiger partial charge is 0.297 e. The van der Waals surface area contributed by atoms with E-state index in [1.54, 1.807) is 18.2 Å². The number of aromatic nitrogens is 1. The Hall–Kier alpha value is -3.30. The lowest BCUT2D eigenvalue weighted by atomic mass is 10.0. The molecule has 0 aliphatic rings. The molecule has 3 aromatic rings. The summed E-state index contributed by atoms with van der Waals surface area (Å²) in [6.07, 6.45) is 1.56. The van der Waals surface area contributed by atoms with Gasteiger partial charge in [0.25, 0.3) is 5.91 Å².